The number of carbonyl (C=O) groups excluding carboxylic acids is 1. The molecule has 0 N–H and O–H groups in total. The molecule has 4 fully saturated rings. The molecule has 0 saturated heterocycles. The predicted molar refractivity (Wildman–Crippen MR) is 136 cm³/mol. The number of hydrogen-bond donors (Lipinski definition) is 0. The number of allylic oxidation sites excluding steroid dienone is 2. The number of fused-ring (bicyclic) bond motifs is 6. The van der Waals surface area contributed by atoms with Crippen molar-refractivity contribution in [1.29, 1.82) is 0 Å². The van der Waals surface area contributed by atoms with Crippen LogP contribution in [-0.2, 0) is 9.53 Å². The zero-order valence-electron chi connectivity index (χ0n) is 22.9. The molecule has 0 spiro atoms. The Bertz CT molecular complexity index is 851. The summed E-state index contributed by atoms with van der Waals surface area (Å²) in [4.78, 5) is 12.9. The van der Waals surface area contributed by atoms with Crippen LogP contribution in [0.5, 0.6) is 0 Å². The molecule has 5 aliphatic rings. The first-order valence-electron chi connectivity index (χ1n) is 14.1. The second-order valence-corrected chi connectivity index (χ2v) is 14.9. The minimum Gasteiger partial charge on any atom is -0.381 e. The lowest BCUT2D eigenvalue weighted by Crippen LogP contribution is -2.58. The fourth-order valence-corrected chi connectivity index (χ4v) is 11.2. The van der Waals surface area contributed by atoms with Gasteiger partial charge in [0.1, 0.15) is 5.78 Å². The van der Waals surface area contributed by atoms with E-state index in [0.29, 0.717) is 40.0 Å². The smallest absolute Gasteiger partial charge is 0.138 e. The summed E-state index contributed by atoms with van der Waals surface area (Å²) in [7, 11) is 1.93. The fourth-order valence-electron chi connectivity index (χ4n) is 11.2. The molecule has 33 heavy (non-hydrogen) atoms. The van der Waals surface area contributed by atoms with Crippen molar-refractivity contribution in [1.82, 2.24) is 0 Å². The van der Waals surface area contributed by atoms with Crippen LogP contribution in [-0.4, -0.2) is 19.0 Å². The highest BCUT2D eigenvalue weighted by Gasteiger charge is 2.63. The van der Waals surface area contributed by atoms with E-state index in [4.69, 9.17) is 4.74 Å². The maximum Gasteiger partial charge on any atom is 0.138 e. The van der Waals surface area contributed by atoms with Crippen LogP contribution in [0.25, 0.3) is 0 Å². The molecule has 2 heteroatoms. The predicted octanol–water partition coefficient (Wildman–Crippen LogP) is 8.00. The summed E-state index contributed by atoms with van der Waals surface area (Å²) in [5, 5.41) is 0. The SMILES string of the molecule is CO[C@@H]1CC[C@@]2(C)[C@H](CC[C@@]3(C)CC4=CC[C@H]5C(C)(C)C(=O)CC[C@]5(C)[C@H]4CC[C@H]32)C1(C)C. The Morgan fingerprint density at radius 2 is 1.55 bits per heavy atom. The van der Waals surface area contributed by atoms with E-state index in [1.807, 2.05) is 7.11 Å². The lowest BCUT2D eigenvalue weighted by molar-refractivity contribution is -0.177. The summed E-state index contributed by atoms with van der Waals surface area (Å²) < 4.78 is 6.03. The van der Waals surface area contributed by atoms with Gasteiger partial charge in [0.2, 0.25) is 0 Å². The van der Waals surface area contributed by atoms with Gasteiger partial charge in [-0.25, -0.2) is 0 Å². The molecular formula is C31H50O2. The number of hydrogen-bond acceptors (Lipinski definition) is 2. The lowest BCUT2D eigenvalue weighted by atomic mass is 9.42. The van der Waals surface area contributed by atoms with E-state index in [2.05, 4.69) is 54.5 Å². The molecule has 0 aromatic rings. The maximum atomic E-state index is 12.9. The molecule has 0 radical (unpaired) electrons. The molecule has 0 heterocycles. The Morgan fingerprint density at radius 1 is 0.818 bits per heavy atom. The van der Waals surface area contributed by atoms with Gasteiger partial charge in [-0.05, 0) is 103 Å². The van der Waals surface area contributed by atoms with Gasteiger partial charge in [0.05, 0.1) is 6.10 Å². The molecular weight excluding hydrogens is 404 g/mol. The van der Waals surface area contributed by atoms with Gasteiger partial charge < -0.3 is 4.74 Å². The van der Waals surface area contributed by atoms with Crippen LogP contribution in [0.2, 0.25) is 0 Å². The number of ketones is 1. The summed E-state index contributed by atoms with van der Waals surface area (Å²) in [5.74, 6) is 3.24. The summed E-state index contributed by atoms with van der Waals surface area (Å²) in [6, 6.07) is 0. The van der Waals surface area contributed by atoms with Crippen molar-refractivity contribution >= 4 is 5.78 Å². The molecule has 5 rings (SSSR count). The van der Waals surface area contributed by atoms with E-state index in [-0.39, 0.29) is 10.8 Å². The van der Waals surface area contributed by atoms with Crippen molar-refractivity contribution in [3.05, 3.63) is 11.6 Å². The highest BCUT2D eigenvalue weighted by Crippen LogP contribution is 2.70. The number of rotatable bonds is 1. The van der Waals surface area contributed by atoms with E-state index in [9.17, 15) is 4.79 Å². The van der Waals surface area contributed by atoms with Crippen LogP contribution in [0.4, 0.5) is 0 Å². The fraction of sp³-hybridized carbons (Fsp3) is 0.903. The average Bonchev–Trinajstić information content (AvgIpc) is 2.88. The van der Waals surface area contributed by atoms with Gasteiger partial charge in [0.25, 0.3) is 0 Å². The first-order chi connectivity index (χ1) is 15.3. The Kier molecular flexibility index (Phi) is 5.43. The normalized spacial score (nSPS) is 50.7. The standard InChI is InChI=1S/C31H50O2/c1-27(2)22-11-9-20-19-29(5)16-13-23-28(3,4)26(33-8)15-18-31(23,7)24(29)12-10-21(20)30(22,6)17-14-25(27)32/h9,21-24,26H,10-19H2,1-8H3/t21-,22-,23+,24+,26+,29-,30+,31-/m0/s1. The van der Waals surface area contributed by atoms with E-state index in [1.165, 1.54) is 44.9 Å². The van der Waals surface area contributed by atoms with E-state index in [0.717, 1.165) is 31.1 Å². The largest absolute Gasteiger partial charge is 0.381 e. The molecule has 0 aromatic carbocycles. The Hall–Kier alpha value is -0.630. The zero-order valence-corrected chi connectivity index (χ0v) is 22.9. The number of ether oxygens (including phenoxy) is 1. The van der Waals surface area contributed by atoms with Crippen molar-refractivity contribution in [3.63, 3.8) is 0 Å². The van der Waals surface area contributed by atoms with Crippen LogP contribution >= 0.6 is 0 Å². The van der Waals surface area contributed by atoms with Crippen molar-refractivity contribution in [2.24, 2.45) is 50.7 Å². The number of Topliss-reactive ketones (excluding diaryl/α,β-unsaturated/α-hetero) is 1. The molecule has 0 amide bonds. The minimum absolute atomic E-state index is 0.169. The van der Waals surface area contributed by atoms with Gasteiger partial charge in [-0.3, -0.25) is 4.79 Å². The summed E-state index contributed by atoms with van der Waals surface area (Å²) in [6.07, 6.45) is 15.3. The molecule has 186 valence electrons. The Labute approximate surface area is 203 Å². The van der Waals surface area contributed by atoms with E-state index in [1.54, 1.807) is 5.57 Å². The topological polar surface area (TPSA) is 26.3 Å². The van der Waals surface area contributed by atoms with Crippen LogP contribution in [0.3, 0.4) is 0 Å². The van der Waals surface area contributed by atoms with Gasteiger partial charge in [-0.15, -0.1) is 0 Å². The third-order valence-electron chi connectivity index (χ3n) is 12.9. The average molecular weight is 455 g/mol. The quantitative estimate of drug-likeness (QED) is 0.375. The third kappa shape index (κ3) is 3.17. The monoisotopic (exact) mass is 454 g/mol. The van der Waals surface area contributed by atoms with Crippen molar-refractivity contribution in [3.8, 4) is 0 Å². The van der Waals surface area contributed by atoms with Crippen LogP contribution in [0.1, 0.15) is 113 Å². The molecule has 0 aliphatic heterocycles. The maximum absolute atomic E-state index is 12.9. The molecule has 4 saturated carbocycles. The molecule has 8 atom stereocenters. The third-order valence-corrected chi connectivity index (χ3v) is 12.9. The van der Waals surface area contributed by atoms with Crippen LogP contribution in [0.15, 0.2) is 11.6 Å². The van der Waals surface area contributed by atoms with Crippen molar-refractivity contribution < 1.29 is 9.53 Å². The summed E-state index contributed by atoms with van der Waals surface area (Å²) in [6.45, 7) is 17.4. The first-order valence-corrected chi connectivity index (χ1v) is 14.1. The summed E-state index contributed by atoms with van der Waals surface area (Å²) >= 11 is 0. The van der Waals surface area contributed by atoms with Gasteiger partial charge in [-0.2, -0.15) is 0 Å². The number of carbonyl (C=O) groups is 1. The second-order valence-electron chi connectivity index (χ2n) is 14.9. The van der Waals surface area contributed by atoms with Crippen LogP contribution in [0, 0.1) is 50.7 Å². The zero-order chi connectivity index (χ0) is 24.0. The van der Waals surface area contributed by atoms with Crippen LogP contribution < -0.4 is 0 Å². The van der Waals surface area contributed by atoms with E-state index >= 15 is 0 Å². The lowest BCUT2D eigenvalue weighted by Gasteiger charge is -2.64. The van der Waals surface area contributed by atoms with Crippen molar-refractivity contribution in [2.45, 2.75) is 119 Å². The molecule has 5 aliphatic carbocycles. The van der Waals surface area contributed by atoms with E-state index < -0.39 is 0 Å². The summed E-state index contributed by atoms with van der Waals surface area (Å²) in [5.41, 5.74) is 2.99. The minimum atomic E-state index is -0.169. The number of methoxy groups -OCH3 is 1. The highest BCUT2D eigenvalue weighted by atomic mass is 16.5. The molecule has 0 unspecified atom stereocenters. The molecule has 0 aromatic heterocycles. The Morgan fingerprint density at radius 3 is 2.24 bits per heavy atom. The van der Waals surface area contributed by atoms with Gasteiger partial charge in [0.15, 0.2) is 0 Å². The second kappa shape index (κ2) is 7.44. The first kappa shape index (κ1) is 24.1. The van der Waals surface area contributed by atoms with Gasteiger partial charge >= 0.3 is 0 Å². The van der Waals surface area contributed by atoms with Gasteiger partial charge in [-0.1, -0.05) is 60.1 Å². The molecule has 0 bridgehead atoms. The highest BCUT2D eigenvalue weighted by molar-refractivity contribution is 5.85. The molecule has 2 nitrogen and oxygen atoms in total. The van der Waals surface area contributed by atoms with Gasteiger partial charge in [0, 0.05) is 18.9 Å². The van der Waals surface area contributed by atoms with Crippen molar-refractivity contribution in [2.75, 3.05) is 7.11 Å². The Balaban J connectivity index is 1.50.